The van der Waals surface area contributed by atoms with E-state index in [1.807, 2.05) is 12.1 Å². The summed E-state index contributed by atoms with van der Waals surface area (Å²) in [6.45, 7) is 3.83. The first-order chi connectivity index (χ1) is 16.8. The summed E-state index contributed by atoms with van der Waals surface area (Å²) in [4.78, 5) is 19.4. The maximum absolute atomic E-state index is 9.24. The van der Waals surface area contributed by atoms with Crippen molar-refractivity contribution in [3.05, 3.63) is 48.5 Å². The molecule has 0 spiro atoms. The van der Waals surface area contributed by atoms with Gasteiger partial charge in [0, 0.05) is 54.0 Å². The van der Waals surface area contributed by atoms with Crippen LogP contribution >= 0.6 is 0 Å². The topological polar surface area (TPSA) is 103 Å². The molecule has 1 aromatic carbocycles. The zero-order valence-electron chi connectivity index (χ0n) is 19.0. The molecule has 1 aliphatic heterocycles. The molecule has 3 aromatic heterocycles. The predicted molar refractivity (Wildman–Crippen MR) is 131 cm³/mol. The number of aromatic amines is 1. The molecule has 2 aliphatic rings. The van der Waals surface area contributed by atoms with E-state index in [0.717, 1.165) is 78.0 Å². The summed E-state index contributed by atoms with van der Waals surface area (Å²) in [5.41, 5.74) is 4.33. The number of ether oxygens (including phenoxy) is 1. The lowest BCUT2D eigenvalue weighted by molar-refractivity contribution is 0.00791. The van der Waals surface area contributed by atoms with Gasteiger partial charge in [0.2, 0.25) is 0 Å². The summed E-state index contributed by atoms with van der Waals surface area (Å²) in [7, 11) is 0. The van der Waals surface area contributed by atoms with Gasteiger partial charge in [-0.15, -0.1) is 0 Å². The Labute approximate surface area is 198 Å². The van der Waals surface area contributed by atoms with E-state index in [2.05, 4.69) is 48.4 Å². The largest absolute Gasteiger partial charge is 0.379 e. The van der Waals surface area contributed by atoms with Gasteiger partial charge < -0.3 is 15.0 Å². The van der Waals surface area contributed by atoms with Crippen LogP contribution < -0.4 is 5.32 Å². The van der Waals surface area contributed by atoms with Crippen LogP contribution in [0.15, 0.2) is 43.0 Å². The Morgan fingerprint density at radius 2 is 1.88 bits per heavy atom. The number of pyridine rings is 1. The van der Waals surface area contributed by atoms with E-state index in [-0.39, 0.29) is 0 Å². The molecule has 6 rings (SSSR count). The van der Waals surface area contributed by atoms with Gasteiger partial charge in [0.15, 0.2) is 0 Å². The second-order valence-electron chi connectivity index (χ2n) is 9.20. The molecule has 0 unspecified atom stereocenters. The van der Waals surface area contributed by atoms with Crippen LogP contribution in [0.3, 0.4) is 0 Å². The molecule has 4 aromatic rings. The van der Waals surface area contributed by atoms with Crippen LogP contribution in [0.25, 0.3) is 33.1 Å². The molecule has 172 valence electrons. The summed E-state index contributed by atoms with van der Waals surface area (Å²) in [5.74, 6) is 0.882. The highest BCUT2D eigenvalue weighted by atomic mass is 16.5. The maximum atomic E-state index is 9.24. The van der Waals surface area contributed by atoms with Gasteiger partial charge in [0.1, 0.15) is 23.9 Å². The fourth-order valence-electron chi connectivity index (χ4n) is 5.39. The number of morpholine rings is 1. The molecule has 1 saturated carbocycles. The van der Waals surface area contributed by atoms with Crippen molar-refractivity contribution in [1.82, 2.24) is 24.8 Å². The average Bonchev–Trinajstić information content (AvgIpc) is 3.28. The van der Waals surface area contributed by atoms with Gasteiger partial charge in [0.05, 0.1) is 24.2 Å². The van der Waals surface area contributed by atoms with Crippen molar-refractivity contribution in [2.75, 3.05) is 31.6 Å². The zero-order valence-corrected chi connectivity index (χ0v) is 19.0. The second-order valence-corrected chi connectivity index (χ2v) is 9.20. The molecule has 4 heterocycles. The molecule has 8 heteroatoms. The van der Waals surface area contributed by atoms with Gasteiger partial charge in [-0.05, 0) is 49.4 Å². The van der Waals surface area contributed by atoms with Gasteiger partial charge in [-0.3, -0.25) is 9.88 Å². The van der Waals surface area contributed by atoms with Crippen molar-refractivity contribution < 1.29 is 4.74 Å². The van der Waals surface area contributed by atoms with E-state index in [4.69, 9.17) is 4.74 Å². The van der Waals surface area contributed by atoms with Crippen LogP contribution in [0, 0.1) is 11.3 Å². The third kappa shape index (κ3) is 3.98. The van der Waals surface area contributed by atoms with Crippen LogP contribution in [0.4, 0.5) is 5.82 Å². The number of nitrogens with one attached hydrogen (secondary N) is 2. The lowest BCUT2D eigenvalue weighted by Crippen LogP contribution is -2.46. The fraction of sp³-hybridized carbons (Fsp3) is 0.385. The second kappa shape index (κ2) is 9.01. The Hall–Kier alpha value is -3.54. The molecule has 1 aliphatic carbocycles. The monoisotopic (exact) mass is 453 g/mol. The summed E-state index contributed by atoms with van der Waals surface area (Å²) in [6.07, 6.45) is 9.66. The number of hydrogen-bond acceptors (Lipinski definition) is 7. The van der Waals surface area contributed by atoms with Crippen LogP contribution in [0.1, 0.15) is 31.2 Å². The first-order valence-electron chi connectivity index (χ1n) is 12.0. The zero-order chi connectivity index (χ0) is 22.9. The SMILES string of the molecule is N#Cc1cncc(-c2ccc3[nH]c4ncnc(NC5CCC(N6CCOCC6)CC5)c4c3c2)c1. The van der Waals surface area contributed by atoms with Crippen LogP contribution in [0.5, 0.6) is 0 Å². The number of nitrogens with zero attached hydrogens (tertiary/aromatic N) is 5. The van der Waals surface area contributed by atoms with E-state index < -0.39 is 0 Å². The number of rotatable bonds is 4. The molecule has 0 atom stereocenters. The highest BCUT2D eigenvalue weighted by molar-refractivity contribution is 6.12. The summed E-state index contributed by atoms with van der Waals surface area (Å²) in [5, 5.41) is 15.1. The number of nitriles is 1. The van der Waals surface area contributed by atoms with Gasteiger partial charge in [-0.2, -0.15) is 5.26 Å². The fourth-order valence-corrected chi connectivity index (χ4v) is 5.39. The van der Waals surface area contributed by atoms with E-state index in [1.54, 1.807) is 18.7 Å². The Morgan fingerprint density at radius 1 is 1.03 bits per heavy atom. The normalized spacial score (nSPS) is 21.5. The first-order valence-corrected chi connectivity index (χ1v) is 12.0. The summed E-state index contributed by atoms with van der Waals surface area (Å²) >= 11 is 0. The molecule has 2 fully saturated rings. The molecule has 0 bridgehead atoms. The summed E-state index contributed by atoms with van der Waals surface area (Å²) < 4.78 is 5.52. The van der Waals surface area contributed by atoms with E-state index in [0.29, 0.717) is 17.6 Å². The molecular formula is C26H27N7O. The molecule has 8 nitrogen and oxygen atoms in total. The minimum Gasteiger partial charge on any atom is -0.379 e. The maximum Gasteiger partial charge on any atom is 0.143 e. The highest BCUT2D eigenvalue weighted by Crippen LogP contribution is 2.34. The first kappa shape index (κ1) is 21.0. The van der Waals surface area contributed by atoms with E-state index in [9.17, 15) is 5.26 Å². The number of benzene rings is 1. The third-order valence-corrected chi connectivity index (χ3v) is 7.19. The Balaban J connectivity index is 1.27. The standard InChI is InChI=1S/C26H27N7O/c27-13-17-11-19(15-28-14-17)18-1-6-23-22(12-18)24-25(29-16-30-26(24)32-23)31-20-2-4-21(5-3-20)33-7-9-34-10-8-33/h1,6,11-12,14-16,20-21H,2-5,7-10H2,(H2,29,30,31,32). The van der Waals surface area contributed by atoms with Crippen molar-refractivity contribution in [2.45, 2.75) is 37.8 Å². The molecule has 0 amide bonds. The lowest BCUT2D eigenvalue weighted by Gasteiger charge is -2.39. The number of H-pyrrole nitrogens is 1. The number of fused-ring (bicyclic) bond motifs is 3. The van der Waals surface area contributed by atoms with Crippen molar-refractivity contribution in [2.24, 2.45) is 0 Å². The van der Waals surface area contributed by atoms with Crippen molar-refractivity contribution in [3.8, 4) is 17.2 Å². The molecule has 34 heavy (non-hydrogen) atoms. The minimum atomic E-state index is 0.403. The third-order valence-electron chi connectivity index (χ3n) is 7.19. The van der Waals surface area contributed by atoms with E-state index >= 15 is 0 Å². The predicted octanol–water partition coefficient (Wildman–Crippen LogP) is 4.10. The molecule has 2 N–H and O–H groups in total. The summed E-state index contributed by atoms with van der Waals surface area (Å²) in [6, 6.07) is 11.3. The van der Waals surface area contributed by atoms with Crippen molar-refractivity contribution in [3.63, 3.8) is 0 Å². The Morgan fingerprint density at radius 3 is 2.71 bits per heavy atom. The quantitative estimate of drug-likeness (QED) is 0.479. The van der Waals surface area contributed by atoms with Gasteiger partial charge in [0.25, 0.3) is 0 Å². The molecule has 0 radical (unpaired) electrons. The van der Waals surface area contributed by atoms with Crippen LogP contribution in [-0.2, 0) is 4.74 Å². The van der Waals surface area contributed by atoms with Crippen LogP contribution in [0.2, 0.25) is 0 Å². The smallest absolute Gasteiger partial charge is 0.143 e. The minimum absolute atomic E-state index is 0.403. The average molecular weight is 454 g/mol. The van der Waals surface area contributed by atoms with Gasteiger partial charge >= 0.3 is 0 Å². The van der Waals surface area contributed by atoms with Gasteiger partial charge in [-0.25, -0.2) is 9.97 Å². The van der Waals surface area contributed by atoms with Crippen molar-refractivity contribution >= 4 is 27.8 Å². The van der Waals surface area contributed by atoms with E-state index in [1.165, 1.54) is 12.8 Å². The van der Waals surface area contributed by atoms with Crippen molar-refractivity contribution in [1.29, 1.82) is 5.26 Å². The molecule has 1 saturated heterocycles. The Kier molecular flexibility index (Phi) is 5.57. The highest BCUT2D eigenvalue weighted by Gasteiger charge is 2.27. The molecular weight excluding hydrogens is 426 g/mol. The van der Waals surface area contributed by atoms with Gasteiger partial charge in [-0.1, -0.05) is 6.07 Å². The number of hydrogen-bond donors (Lipinski definition) is 2. The number of aromatic nitrogens is 4. The Bertz CT molecular complexity index is 1360. The number of anilines is 1. The van der Waals surface area contributed by atoms with Crippen LogP contribution in [-0.4, -0.2) is 63.2 Å². The lowest BCUT2D eigenvalue weighted by atomic mass is 9.90.